The predicted molar refractivity (Wildman–Crippen MR) is 73.3 cm³/mol. The molecular formula is C11H13BrN4S. The minimum absolute atomic E-state index is 0.126. The second kappa shape index (κ2) is 5.55. The van der Waals surface area contributed by atoms with Gasteiger partial charge in [0.1, 0.15) is 5.01 Å². The van der Waals surface area contributed by atoms with Gasteiger partial charge >= 0.3 is 0 Å². The Balaban J connectivity index is 2.05. The second-order valence-electron chi connectivity index (χ2n) is 3.61. The molecule has 1 N–H and O–H groups in total. The molecule has 0 aliphatic heterocycles. The van der Waals surface area contributed by atoms with Crippen molar-refractivity contribution in [1.29, 1.82) is 0 Å². The van der Waals surface area contributed by atoms with Gasteiger partial charge in [-0.2, -0.15) is 0 Å². The molecule has 0 fully saturated rings. The fourth-order valence-corrected chi connectivity index (χ4v) is 2.39. The van der Waals surface area contributed by atoms with E-state index in [-0.39, 0.29) is 6.04 Å². The van der Waals surface area contributed by atoms with Gasteiger partial charge in [0.05, 0.1) is 10.5 Å². The SMILES string of the molecule is CCc1cnc(C(C)Nc2ncc(Br)cn2)s1. The monoisotopic (exact) mass is 312 g/mol. The predicted octanol–water partition coefficient (Wildman–Crippen LogP) is 3.43. The van der Waals surface area contributed by atoms with Crippen molar-refractivity contribution in [2.45, 2.75) is 26.3 Å². The van der Waals surface area contributed by atoms with Crippen LogP contribution in [0.2, 0.25) is 0 Å². The first-order valence-electron chi connectivity index (χ1n) is 5.37. The molecular weight excluding hydrogens is 300 g/mol. The molecule has 17 heavy (non-hydrogen) atoms. The average molecular weight is 313 g/mol. The summed E-state index contributed by atoms with van der Waals surface area (Å²) in [7, 11) is 0. The number of nitrogens with zero attached hydrogens (tertiary/aromatic N) is 3. The zero-order valence-electron chi connectivity index (χ0n) is 9.64. The third-order valence-electron chi connectivity index (χ3n) is 2.26. The number of hydrogen-bond acceptors (Lipinski definition) is 5. The van der Waals surface area contributed by atoms with Gasteiger partial charge in [-0.25, -0.2) is 15.0 Å². The highest BCUT2D eigenvalue weighted by Crippen LogP contribution is 2.22. The van der Waals surface area contributed by atoms with Crippen molar-refractivity contribution in [1.82, 2.24) is 15.0 Å². The van der Waals surface area contributed by atoms with E-state index in [1.807, 2.05) is 6.20 Å². The lowest BCUT2D eigenvalue weighted by Crippen LogP contribution is -2.08. The molecule has 0 bridgehead atoms. The summed E-state index contributed by atoms with van der Waals surface area (Å²) in [5.41, 5.74) is 0. The minimum Gasteiger partial charge on any atom is -0.345 e. The largest absolute Gasteiger partial charge is 0.345 e. The van der Waals surface area contributed by atoms with Gasteiger partial charge in [0, 0.05) is 23.5 Å². The summed E-state index contributed by atoms with van der Waals surface area (Å²) >= 11 is 5.03. The van der Waals surface area contributed by atoms with E-state index in [4.69, 9.17) is 0 Å². The Bertz CT molecular complexity index is 482. The smallest absolute Gasteiger partial charge is 0.223 e. The molecule has 2 rings (SSSR count). The molecule has 0 saturated carbocycles. The molecule has 90 valence electrons. The zero-order chi connectivity index (χ0) is 12.3. The molecule has 4 nitrogen and oxygen atoms in total. The number of nitrogens with one attached hydrogen (secondary N) is 1. The van der Waals surface area contributed by atoms with Gasteiger partial charge in [-0.15, -0.1) is 11.3 Å². The van der Waals surface area contributed by atoms with E-state index in [1.54, 1.807) is 23.7 Å². The molecule has 2 aromatic heterocycles. The van der Waals surface area contributed by atoms with Crippen molar-refractivity contribution in [3.8, 4) is 0 Å². The highest BCUT2D eigenvalue weighted by atomic mass is 79.9. The van der Waals surface area contributed by atoms with Crippen LogP contribution < -0.4 is 5.32 Å². The Hall–Kier alpha value is -1.01. The molecule has 0 saturated heterocycles. The summed E-state index contributed by atoms with van der Waals surface area (Å²) in [6, 6.07) is 0.126. The maximum Gasteiger partial charge on any atom is 0.223 e. The highest BCUT2D eigenvalue weighted by molar-refractivity contribution is 9.10. The van der Waals surface area contributed by atoms with Gasteiger partial charge in [-0.05, 0) is 29.3 Å². The summed E-state index contributed by atoms with van der Waals surface area (Å²) in [6.45, 7) is 4.19. The van der Waals surface area contributed by atoms with Crippen molar-refractivity contribution >= 4 is 33.2 Å². The number of hydrogen-bond donors (Lipinski definition) is 1. The number of aryl methyl sites for hydroxylation is 1. The molecule has 1 atom stereocenters. The van der Waals surface area contributed by atoms with Crippen molar-refractivity contribution < 1.29 is 0 Å². The van der Waals surface area contributed by atoms with Crippen molar-refractivity contribution in [3.05, 3.63) is 32.9 Å². The first-order chi connectivity index (χ1) is 8.19. The van der Waals surface area contributed by atoms with E-state index < -0.39 is 0 Å². The lowest BCUT2D eigenvalue weighted by atomic mass is 10.3. The van der Waals surface area contributed by atoms with Gasteiger partial charge in [-0.1, -0.05) is 6.92 Å². The summed E-state index contributed by atoms with van der Waals surface area (Å²) in [6.07, 6.45) is 6.41. The number of rotatable bonds is 4. The maximum atomic E-state index is 4.39. The lowest BCUT2D eigenvalue weighted by molar-refractivity contribution is 0.847. The first kappa shape index (κ1) is 12.4. The molecule has 2 heterocycles. The number of aromatic nitrogens is 3. The van der Waals surface area contributed by atoms with E-state index in [1.165, 1.54) is 4.88 Å². The third-order valence-corrected chi connectivity index (χ3v) is 3.99. The maximum absolute atomic E-state index is 4.39. The van der Waals surface area contributed by atoms with Crippen LogP contribution in [0.5, 0.6) is 0 Å². The quantitative estimate of drug-likeness (QED) is 0.939. The Kier molecular flexibility index (Phi) is 4.06. The van der Waals surface area contributed by atoms with Crippen LogP contribution in [0.15, 0.2) is 23.1 Å². The standard InChI is InChI=1S/C11H13BrN4S/c1-3-9-6-13-10(17-9)7(2)16-11-14-4-8(12)5-15-11/h4-7H,3H2,1-2H3,(H,14,15,16). The van der Waals surface area contributed by atoms with Gasteiger partial charge in [-0.3, -0.25) is 0 Å². The summed E-state index contributed by atoms with van der Waals surface area (Å²) < 4.78 is 0.873. The number of thiazole rings is 1. The lowest BCUT2D eigenvalue weighted by Gasteiger charge is -2.10. The zero-order valence-corrected chi connectivity index (χ0v) is 12.0. The van der Waals surface area contributed by atoms with Crippen LogP contribution in [0.3, 0.4) is 0 Å². The van der Waals surface area contributed by atoms with Gasteiger partial charge in [0.2, 0.25) is 5.95 Å². The van der Waals surface area contributed by atoms with Crippen LogP contribution >= 0.6 is 27.3 Å². The van der Waals surface area contributed by atoms with Crippen LogP contribution in [0.4, 0.5) is 5.95 Å². The second-order valence-corrected chi connectivity index (χ2v) is 5.67. The van der Waals surface area contributed by atoms with Crippen LogP contribution in [-0.4, -0.2) is 15.0 Å². The van der Waals surface area contributed by atoms with Crippen LogP contribution in [-0.2, 0) is 6.42 Å². The van der Waals surface area contributed by atoms with Gasteiger partial charge in [0.15, 0.2) is 0 Å². The summed E-state index contributed by atoms with van der Waals surface area (Å²) in [4.78, 5) is 14.0. The van der Waals surface area contributed by atoms with E-state index in [0.717, 1.165) is 15.9 Å². The molecule has 0 aliphatic carbocycles. The van der Waals surface area contributed by atoms with E-state index in [2.05, 4.69) is 50.0 Å². The normalized spacial score (nSPS) is 12.4. The van der Waals surface area contributed by atoms with Crippen LogP contribution in [0.25, 0.3) is 0 Å². The highest BCUT2D eigenvalue weighted by Gasteiger charge is 2.10. The Morgan fingerprint density at radius 2 is 2.00 bits per heavy atom. The van der Waals surface area contributed by atoms with E-state index >= 15 is 0 Å². The Morgan fingerprint density at radius 3 is 2.59 bits per heavy atom. The van der Waals surface area contributed by atoms with Crippen LogP contribution in [0, 0.1) is 0 Å². The minimum atomic E-state index is 0.126. The van der Waals surface area contributed by atoms with Gasteiger partial charge in [0.25, 0.3) is 0 Å². The molecule has 0 radical (unpaired) electrons. The Labute approximate surface area is 113 Å². The first-order valence-corrected chi connectivity index (χ1v) is 6.98. The average Bonchev–Trinajstić information content (AvgIpc) is 2.81. The van der Waals surface area contributed by atoms with Crippen molar-refractivity contribution in [2.24, 2.45) is 0 Å². The molecule has 0 spiro atoms. The van der Waals surface area contributed by atoms with Gasteiger partial charge < -0.3 is 5.32 Å². The number of halogens is 1. The van der Waals surface area contributed by atoms with E-state index in [9.17, 15) is 0 Å². The fourth-order valence-electron chi connectivity index (χ4n) is 1.33. The molecule has 6 heteroatoms. The molecule has 1 unspecified atom stereocenters. The van der Waals surface area contributed by atoms with Crippen molar-refractivity contribution in [2.75, 3.05) is 5.32 Å². The Morgan fingerprint density at radius 1 is 1.29 bits per heavy atom. The van der Waals surface area contributed by atoms with E-state index in [0.29, 0.717) is 5.95 Å². The fraction of sp³-hybridized carbons (Fsp3) is 0.364. The summed E-state index contributed by atoms with van der Waals surface area (Å²) in [5, 5.41) is 4.29. The number of anilines is 1. The summed E-state index contributed by atoms with van der Waals surface area (Å²) in [5.74, 6) is 0.619. The van der Waals surface area contributed by atoms with Crippen molar-refractivity contribution in [3.63, 3.8) is 0 Å². The molecule has 0 amide bonds. The molecule has 0 aliphatic rings. The van der Waals surface area contributed by atoms with Crippen LogP contribution in [0.1, 0.15) is 29.8 Å². The molecule has 0 aromatic carbocycles. The topological polar surface area (TPSA) is 50.7 Å². The molecule has 2 aromatic rings. The third kappa shape index (κ3) is 3.23.